The van der Waals surface area contributed by atoms with Gasteiger partial charge in [0.25, 0.3) is 5.91 Å². The van der Waals surface area contributed by atoms with Crippen molar-refractivity contribution in [3.8, 4) is 5.75 Å². The van der Waals surface area contributed by atoms with Crippen molar-refractivity contribution in [1.29, 1.82) is 0 Å². The van der Waals surface area contributed by atoms with Crippen LogP contribution in [0.1, 0.15) is 52.9 Å². The Hall–Kier alpha value is -2.82. The molecular formula is C21H23NO4. The van der Waals surface area contributed by atoms with E-state index in [-0.39, 0.29) is 24.3 Å². The van der Waals surface area contributed by atoms with Crippen LogP contribution >= 0.6 is 0 Å². The Morgan fingerprint density at radius 1 is 1.08 bits per heavy atom. The lowest BCUT2D eigenvalue weighted by molar-refractivity contribution is -0.124. The molecule has 0 heterocycles. The van der Waals surface area contributed by atoms with E-state index in [0.717, 1.165) is 18.4 Å². The minimum absolute atomic E-state index is 0.0677. The van der Waals surface area contributed by atoms with Gasteiger partial charge in [0, 0.05) is 0 Å². The summed E-state index contributed by atoms with van der Waals surface area (Å²) < 4.78 is 5.02. The lowest BCUT2D eigenvalue weighted by Crippen LogP contribution is -2.31. The van der Waals surface area contributed by atoms with Crippen LogP contribution in [0.2, 0.25) is 0 Å². The number of aromatic hydroxyl groups is 1. The largest absolute Gasteiger partial charge is 0.508 e. The highest BCUT2D eigenvalue weighted by atomic mass is 16.5. The molecule has 0 spiro atoms. The van der Waals surface area contributed by atoms with Gasteiger partial charge in [-0.05, 0) is 73.6 Å². The van der Waals surface area contributed by atoms with E-state index in [4.69, 9.17) is 4.74 Å². The van der Waals surface area contributed by atoms with E-state index in [9.17, 15) is 14.7 Å². The van der Waals surface area contributed by atoms with E-state index in [2.05, 4.69) is 23.5 Å². The third-order valence-electron chi connectivity index (χ3n) is 4.69. The van der Waals surface area contributed by atoms with Gasteiger partial charge >= 0.3 is 5.97 Å². The molecule has 5 nitrogen and oxygen atoms in total. The van der Waals surface area contributed by atoms with Crippen LogP contribution in [-0.2, 0) is 22.4 Å². The standard InChI is InChI=1S/C21H23NO4/c1-14(17-7-6-15-4-2-3-5-18(15)12-17)22-20(24)13-26-21(25)16-8-10-19(23)11-9-16/h6-12,14,23H,2-5,13H2,1H3,(H,22,24). The lowest BCUT2D eigenvalue weighted by atomic mass is 9.89. The highest BCUT2D eigenvalue weighted by molar-refractivity contribution is 5.91. The Labute approximate surface area is 153 Å². The first-order chi connectivity index (χ1) is 12.5. The van der Waals surface area contributed by atoms with E-state index in [1.807, 2.05) is 6.92 Å². The molecular weight excluding hydrogens is 330 g/mol. The Kier molecular flexibility index (Phi) is 5.56. The van der Waals surface area contributed by atoms with Crippen molar-refractivity contribution in [3.63, 3.8) is 0 Å². The average molecular weight is 353 g/mol. The molecule has 1 amide bonds. The van der Waals surface area contributed by atoms with E-state index >= 15 is 0 Å². The van der Waals surface area contributed by atoms with Crippen LogP contribution in [-0.4, -0.2) is 23.6 Å². The number of fused-ring (bicyclic) bond motifs is 1. The van der Waals surface area contributed by atoms with Crippen LogP contribution in [0.15, 0.2) is 42.5 Å². The Morgan fingerprint density at radius 2 is 1.77 bits per heavy atom. The van der Waals surface area contributed by atoms with Gasteiger partial charge in [-0.3, -0.25) is 4.79 Å². The summed E-state index contributed by atoms with van der Waals surface area (Å²) in [7, 11) is 0. The molecule has 1 aliphatic rings. The van der Waals surface area contributed by atoms with Crippen molar-refractivity contribution < 1.29 is 19.4 Å². The number of phenolic OH excluding ortho intramolecular Hbond substituents is 1. The molecule has 0 radical (unpaired) electrons. The Balaban J connectivity index is 1.52. The number of phenols is 1. The summed E-state index contributed by atoms with van der Waals surface area (Å²) in [5.41, 5.74) is 4.12. The average Bonchev–Trinajstić information content (AvgIpc) is 2.66. The Morgan fingerprint density at radius 3 is 2.50 bits per heavy atom. The van der Waals surface area contributed by atoms with E-state index in [0.29, 0.717) is 5.56 Å². The number of carbonyl (C=O) groups excluding carboxylic acids is 2. The SMILES string of the molecule is CC(NC(=O)COC(=O)c1ccc(O)cc1)c1ccc2c(c1)CCCC2. The molecule has 1 atom stereocenters. The maximum atomic E-state index is 12.1. The minimum Gasteiger partial charge on any atom is -0.508 e. The van der Waals surface area contributed by atoms with Crippen molar-refractivity contribution in [2.24, 2.45) is 0 Å². The number of amides is 1. The zero-order valence-corrected chi connectivity index (χ0v) is 14.8. The summed E-state index contributed by atoms with van der Waals surface area (Å²) >= 11 is 0. The van der Waals surface area contributed by atoms with E-state index < -0.39 is 5.97 Å². The van der Waals surface area contributed by atoms with Crippen LogP contribution in [0.4, 0.5) is 0 Å². The molecule has 0 bridgehead atoms. The van der Waals surface area contributed by atoms with Crippen LogP contribution in [0.3, 0.4) is 0 Å². The third kappa shape index (κ3) is 4.42. The topological polar surface area (TPSA) is 75.6 Å². The van der Waals surface area contributed by atoms with Crippen LogP contribution in [0.25, 0.3) is 0 Å². The summed E-state index contributed by atoms with van der Waals surface area (Å²) in [6.45, 7) is 1.58. The summed E-state index contributed by atoms with van der Waals surface area (Å²) in [6, 6.07) is 11.9. The van der Waals surface area contributed by atoms with Crippen molar-refractivity contribution in [1.82, 2.24) is 5.32 Å². The molecule has 2 aromatic rings. The minimum atomic E-state index is -0.596. The number of carbonyl (C=O) groups is 2. The monoisotopic (exact) mass is 353 g/mol. The molecule has 0 fully saturated rings. The van der Waals surface area contributed by atoms with Gasteiger partial charge in [-0.25, -0.2) is 4.79 Å². The van der Waals surface area contributed by atoms with Crippen molar-refractivity contribution in [2.75, 3.05) is 6.61 Å². The zero-order chi connectivity index (χ0) is 18.5. The maximum absolute atomic E-state index is 12.1. The maximum Gasteiger partial charge on any atom is 0.338 e. The highest BCUT2D eigenvalue weighted by Gasteiger charge is 2.15. The number of ether oxygens (including phenoxy) is 1. The number of hydrogen-bond donors (Lipinski definition) is 2. The van der Waals surface area contributed by atoms with Gasteiger partial charge in [-0.2, -0.15) is 0 Å². The normalized spacial score (nSPS) is 14.2. The number of aryl methyl sites for hydroxylation is 2. The number of hydrogen-bond acceptors (Lipinski definition) is 4. The zero-order valence-electron chi connectivity index (χ0n) is 14.8. The summed E-state index contributed by atoms with van der Waals surface area (Å²) in [6.07, 6.45) is 4.67. The van der Waals surface area contributed by atoms with Gasteiger partial charge in [0.2, 0.25) is 0 Å². The second-order valence-corrected chi connectivity index (χ2v) is 6.65. The lowest BCUT2D eigenvalue weighted by Gasteiger charge is -2.20. The van der Waals surface area contributed by atoms with Crippen LogP contribution in [0.5, 0.6) is 5.75 Å². The van der Waals surface area contributed by atoms with Crippen LogP contribution < -0.4 is 5.32 Å². The molecule has 0 aliphatic heterocycles. The fourth-order valence-corrected chi connectivity index (χ4v) is 3.20. The fourth-order valence-electron chi connectivity index (χ4n) is 3.20. The number of rotatable bonds is 5. The van der Waals surface area contributed by atoms with Gasteiger partial charge in [0.15, 0.2) is 6.61 Å². The van der Waals surface area contributed by atoms with Gasteiger partial charge in [0.1, 0.15) is 5.75 Å². The molecule has 0 aromatic heterocycles. The third-order valence-corrected chi connectivity index (χ3v) is 4.69. The quantitative estimate of drug-likeness (QED) is 0.809. The fraction of sp³-hybridized carbons (Fsp3) is 0.333. The van der Waals surface area contributed by atoms with E-state index in [1.54, 1.807) is 0 Å². The second kappa shape index (κ2) is 8.04. The summed E-state index contributed by atoms with van der Waals surface area (Å²) in [5, 5.41) is 12.1. The molecule has 2 N–H and O–H groups in total. The van der Waals surface area contributed by atoms with Gasteiger partial charge in [-0.1, -0.05) is 18.2 Å². The number of nitrogens with one attached hydrogen (secondary N) is 1. The molecule has 2 aromatic carbocycles. The van der Waals surface area contributed by atoms with Crippen molar-refractivity contribution in [2.45, 2.75) is 38.6 Å². The van der Waals surface area contributed by atoms with Crippen molar-refractivity contribution in [3.05, 3.63) is 64.7 Å². The molecule has 136 valence electrons. The molecule has 3 rings (SSSR count). The number of esters is 1. The first-order valence-corrected chi connectivity index (χ1v) is 8.90. The van der Waals surface area contributed by atoms with Gasteiger partial charge in [0.05, 0.1) is 11.6 Å². The highest BCUT2D eigenvalue weighted by Crippen LogP contribution is 2.24. The molecule has 26 heavy (non-hydrogen) atoms. The first kappa shape index (κ1) is 18.0. The summed E-state index contributed by atoms with van der Waals surface area (Å²) in [5.74, 6) is -0.873. The Bertz CT molecular complexity index is 798. The number of benzene rings is 2. The van der Waals surface area contributed by atoms with E-state index in [1.165, 1.54) is 48.2 Å². The van der Waals surface area contributed by atoms with Gasteiger partial charge < -0.3 is 15.2 Å². The molecule has 0 saturated heterocycles. The van der Waals surface area contributed by atoms with Gasteiger partial charge in [-0.15, -0.1) is 0 Å². The van der Waals surface area contributed by atoms with Crippen molar-refractivity contribution >= 4 is 11.9 Å². The van der Waals surface area contributed by atoms with Crippen LogP contribution in [0, 0.1) is 0 Å². The summed E-state index contributed by atoms with van der Waals surface area (Å²) in [4.78, 5) is 24.0. The molecule has 1 unspecified atom stereocenters. The predicted octanol–water partition coefficient (Wildman–Crippen LogP) is 3.31. The molecule has 5 heteroatoms. The second-order valence-electron chi connectivity index (χ2n) is 6.65. The molecule has 0 saturated carbocycles. The smallest absolute Gasteiger partial charge is 0.338 e. The predicted molar refractivity (Wildman–Crippen MR) is 98.0 cm³/mol. The molecule has 1 aliphatic carbocycles. The first-order valence-electron chi connectivity index (χ1n) is 8.90.